The third-order valence-electron chi connectivity index (χ3n) is 9.83. The van der Waals surface area contributed by atoms with Crippen LogP contribution in [0.3, 0.4) is 0 Å². The number of aliphatic hydroxyl groups excluding tert-OH is 1. The molecule has 0 aromatic carbocycles. The van der Waals surface area contributed by atoms with E-state index < -0.39 is 31.2 Å². The highest BCUT2D eigenvalue weighted by Gasteiger charge is 2.58. The molecule has 6 atom stereocenters. The van der Waals surface area contributed by atoms with Gasteiger partial charge in [-0.2, -0.15) is 0 Å². The molecule has 0 amide bonds. The molecular formula is C27H58O6Si3. The second-order valence-electron chi connectivity index (χ2n) is 15.7. The molecule has 2 aliphatic rings. The molecular weight excluding hydrogens is 505 g/mol. The zero-order valence-corrected chi connectivity index (χ0v) is 29.1. The number of aliphatic hydroxyl groups is 1. The Morgan fingerprint density at radius 3 is 1.58 bits per heavy atom. The maximum absolute atomic E-state index is 10.3. The van der Waals surface area contributed by atoms with Crippen molar-refractivity contribution in [3.63, 3.8) is 0 Å². The van der Waals surface area contributed by atoms with Gasteiger partial charge in [0.2, 0.25) is 0 Å². The topological polar surface area (TPSA) is 66.4 Å². The predicted octanol–water partition coefficient (Wildman–Crippen LogP) is 6.77. The molecule has 1 N–H and O–H groups in total. The van der Waals surface area contributed by atoms with E-state index in [1.54, 1.807) is 0 Å². The van der Waals surface area contributed by atoms with Crippen molar-refractivity contribution >= 4 is 25.0 Å². The van der Waals surface area contributed by atoms with Gasteiger partial charge in [-0.25, -0.2) is 0 Å². The van der Waals surface area contributed by atoms with Crippen LogP contribution in [-0.4, -0.2) is 74.5 Å². The van der Waals surface area contributed by atoms with Crippen molar-refractivity contribution in [2.24, 2.45) is 11.8 Å². The maximum Gasteiger partial charge on any atom is 0.192 e. The van der Waals surface area contributed by atoms with Gasteiger partial charge in [-0.1, -0.05) is 62.3 Å². The average Bonchev–Trinajstić information content (AvgIpc) is 3.08. The fraction of sp³-hybridized carbons (Fsp3) is 1.00. The Labute approximate surface area is 225 Å². The number of ether oxygens (including phenoxy) is 2. The highest BCUT2D eigenvalue weighted by Crippen LogP contribution is 2.48. The summed E-state index contributed by atoms with van der Waals surface area (Å²) in [4.78, 5) is 0. The smallest absolute Gasteiger partial charge is 0.192 e. The van der Waals surface area contributed by atoms with Crippen molar-refractivity contribution in [1.82, 2.24) is 0 Å². The van der Waals surface area contributed by atoms with E-state index in [1.165, 1.54) is 0 Å². The first-order valence-electron chi connectivity index (χ1n) is 13.8. The molecule has 0 saturated carbocycles. The summed E-state index contributed by atoms with van der Waals surface area (Å²) in [5.41, 5.74) is 0. The van der Waals surface area contributed by atoms with Gasteiger partial charge in [0.1, 0.15) is 6.10 Å². The fourth-order valence-corrected chi connectivity index (χ4v) is 7.69. The van der Waals surface area contributed by atoms with Crippen LogP contribution in [0.4, 0.5) is 0 Å². The molecule has 6 nitrogen and oxygen atoms in total. The van der Waals surface area contributed by atoms with Gasteiger partial charge >= 0.3 is 0 Å². The highest BCUT2D eigenvalue weighted by molar-refractivity contribution is 6.75. The Balaban J connectivity index is 2.54. The molecule has 2 rings (SSSR count). The molecule has 0 unspecified atom stereocenters. The summed E-state index contributed by atoms with van der Waals surface area (Å²) in [7, 11) is -6.35. The third kappa shape index (κ3) is 6.94. The minimum Gasteiger partial charge on any atom is -0.414 e. The van der Waals surface area contributed by atoms with Crippen molar-refractivity contribution < 1.29 is 27.9 Å². The van der Waals surface area contributed by atoms with Crippen molar-refractivity contribution in [3.8, 4) is 0 Å². The zero-order chi connectivity index (χ0) is 28.1. The highest BCUT2D eigenvalue weighted by atomic mass is 28.4. The molecule has 2 saturated heterocycles. The number of hydrogen-bond acceptors (Lipinski definition) is 6. The molecule has 2 heterocycles. The molecule has 0 spiro atoms. The minimum atomic E-state index is -2.18. The minimum absolute atomic E-state index is 0.0301. The van der Waals surface area contributed by atoms with Crippen LogP contribution >= 0.6 is 0 Å². The quantitative estimate of drug-likeness (QED) is 0.329. The molecule has 36 heavy (non-hydrogen) atoms. The predicted molar refractivity (Wildman–Crippen MR) is 156 cm³/mol. The van der Waals surface area contributed by atoms with Crippen LogP contribution < -0.4 is 0 Å². The number of fused-ring (bicyclic) bond motifs is 1. The van der Waals surface area contributed by atoms with E-state index >= 15 is 0 Å². The summed E-state index contributed by atoms with van der Waals surface area (Å²) >= 11 is 0. The van der Waals surface area contributed by atoms with Gasteiger partial charge in [0, 0.05) is 18.4 Å². The van der Waals surface area contributed by atoms with Gasteiger partial charge in [-0.3, -0.25) is 0 Å². The lowest BCUT2D eigenvalue weighted by atomic mass is 9.84. The van der Waals surface area contributed by atoms with E-state index in [9.17, 15) is 5.11 Å². The van der Waals surface area contributed by atoms with Crippen LogP contribution in [0.25, 0.3) is 0 Å². The van der Waals surface area contributed by atoms with E-state index in [0.29, 0.717) is 13.2 Å². The van der Waals surface area contributed by atoms with Crippen molar-refractivity contribution in [2.75, 3.05) is 19.8 Å². The molecule has 0 radical (unpaired) electrons. The van der Waals surface area contributed by atoms with Crippen LogP contribution in [0.1, 0.15) is 62.3 Å². The van der Waals surface area contributed by atoms with Crippen molar-refractivity contribution in [1.29, 1.82) is 0 Å². The summed E-state index contributed by atoms with van der Waals surface area (Å²) in [5.74, 6) is -0.0967. The van der Waals surface area contributed by atoms with E-state index in [0.717, 1.165) is 0 Å². The van der Waals surface area contributed by atoms with Gasteiger partial charge in [0.05, 0.1) is 25.4 Å². The number of hydrogen-bond donors (Lipinski definition) is 1. The lowest BCUT2D eigenvalue weighted by Crippen LogP contribution is -2.64. The first-order chi connectivity index (χ1) is 16.0. The van der Waals surface area contributed by atoms with E-state index in [2.05, 4.69) is 102 Å². The normalized spacial score (nSPS) is 31.0. The van der Waals surface area contributed by atoms with E-state index in [4.69, 9.17) is 22.8 Å². The molecule has 2 aliphatic heterocycles. The van der Waals surface area contributed by atoms with Crippen molar-refractivity contribution in [3.05, 3.63) is 0 Å². The molecule has 2 fully saturated rings. The fourth-order valence-electron chi connectivity index (χ4n) is 4.03. The monoisotopic (exact) mass is 562 g/mol. The van der Waals surface area contributed by atoms with Crippen LogP contribution in [0.15, 0.2) is 0 Å². The molecule has 0 bridgehead atoms. The molecule has 0 aliphatic carbocycles. The molecule has 9 heteroatoms. The largest absolute Gasteiger partial charge is 0.414 e. The summed E-state index contributed by atoms with van der Waals surface area (Å²) in [6.07, 6.45) is -1.20. The van der Waals surface area contributed by atoms with Crippen LogP contribution in [-0.2, 0) is 22.8 Å². The Bertz CT molecular complexity index is 735. The zero-order valence-electron chi connectivity index (χ0n) is 26.1. The van der Waals surface area contributed by atoms with Crippen molar-refractivity contribution in [2.45, 2.75) is 141 Å². The SMILES string of the molecule is CC(C)(C)[Si](C)(C)OC[C@H]1O[C@H]2OC[C@@H](CO)[C@H]2[C@@H](O[Si](C)(C)C(C)(C)C)[C@@H]1O[Si](C)(C)C(C)(C)C. The third-order valence-corrected chi connectivity index (χ3v) is 23.3. The first-order valence-corrected chi connectivity index (χ1v) is 22.6. The molecule has 214 valence electrons. The Morgan fingerprint density at radius 1 is 0.722 bits per heavy atom. The van der Waals surface area contributed by atoms with Gasteiger partial charge in [-0.15, -0.1) is 0 Å². The van der Waals surface area contributed by atoms with Gasteiger partial charge in [0.25, 0.3) is 0 Å². The Hall–Kier alpha value is 0.411. The summed E-state index contributed by atoms with van der Waals surface area (Å²) in [6, 6.07) is 0. The maximum atomic E-state index is 10.3. The van der Waals surface area contributed by atoms with Gasteiger partial charge in [-0.05, 0) is 54.4 Å². The lowest BCUT2D eigenvalue weighted by Gasteiger charge is -2.52. The average molecular weight is 563 g/mol. The molecule has 0 aromatic heterocycles. The second-order valence-corrected chi connectivity index (χ2v) is 30.0. The Morgan fingerprint density at radius 2 is 1.17 bits per heavy atom. The number of rotatable bonds is 8. The van der Waals surface area contributed by atoms with Crippen LogP contribution in [0, 0.1) is 11.8 Å². The second kappa shape index (κ2) is 10.8. The van der Waals surface area contributed by atoms with Crippen LogP contribution in [0.2, 0.25) is 54.4 Å². The van der Waals surface area contributed by atoms with Gasteiger partial charge < -0.3 is 27.9 Å². The standard InChI is InChI=1S/C27H58O6Si3/c1-25(2,3)34(10,11)30-18-20-22(32-35(12,13)26(4,5)6)23(33-36(14,15)27(7,8)9)21-19(16-28)17-29-24(21)31-20/h19-24,28H,16-18H2,1-15H3/t19-,20-,21+,22-,23-,24-/m1/s1. The van der Waals surface area contributed by atoms with E-state index in [-0.39, 0.29) is 51.9 Å². The van der Waals surface area contributed by atoms with Gasteiger partial charge in [0.15, 0.2) is 31.2 Å². The van der Waals surface area contributed by atoms with E-state index in [1.807, 2.05) is 0 Å². The lowest BCUT2D eigenvalue weighted by molar-refractivity contribution is -0.254. The summed E-state index contributed by atoms with van der Waals surface area (Å²) in [6.45, 7) is 35.1. The first kappa shape index (κ1) is 32.6. The Kier molecular flexibility index (Phi) is 9.75. The summed E-state index contributed by atoms with van der Waals surface area (Å²) < 4.78 is 33.9. The molecule has 0 aromatic rings. The summed E-state index contributed by atoms with van der Waals surface area (Å²) in [5, 5.41) is 10.4. The van der Waals surface area contributed by atoms with Crippen LogP contribution in [0.5, 0.6) is 0 Å².